The van der Waals surface area contributed by atoms with Gasteiger partial charge in [0.25, 0.3) is 0 Å². The zero-order chi connectivity index (χ0) is 13.7. The number of hydrogen-bond acceptors (Lipinski definition) is 4. The Labute approximate surface area is 114 Å². The molecule has 0 spiro atoms. The van der Waals surface area contributed by atoms with E-state index in [0.29, 0.717) is 0 Å². The number of aliphatic hydroxyl groups is 3. The fourth-order valence-electron chi connectivity index (χ4n) is 3.10. The lowest BCUT2D eigenvalue weighted by Gasteiger charge is -2.44. The van der Waals surface area contributed by atoms with E-state index in [1.54, 1.807) is 0 Å². The van der Waals surface area contributed by atoms with Crippen LogP contribution in [0.15, 0.2) is 30.3 Å². The first-order valence-corrected chi connectivity index (χ1v) is 6.95. The van der Waals surface area contributed by atoms with Crippen LogP contribution in [0.2, 0.25) is 0 Å². The van der Waals surface area contributed by atoms with Crippen molar-refractivity contribution in [2.75, 3.05) is 26.4 Å². The molecule has 1 aromatic rings. The van der Waals surface area contributed by atoms with Crippen LogP contribution in [0.5, 0.6) is 0 Å². The summed E-state index contributed by atoms with van der Waals surface area (Å²) in [5.41, 5.74) is 1.06. The fourth-order valence-corrected chi connectivity index (χ4v) is 3.10. The second-order valence-electron chi connectivity index (χ2n) is 5.18. The SMILES string of the molecule is OC[C@H]1CCCN([C@H](CO)c2ccccc2)[C@@H]1CO. The molecule has 4 heteroatoms. The number of hydrogen-bond donors (Lipinski definition) is 3. The maximum Gasteiger partial charge on any atom is 0.0628 e. The molecule has 0 unspecified atom stereocenters. The van der Waals surface area contributed by atoms with Gasteiger partial charge in [0.1, 0.15) is 0 Å². The van der Waals surface area contributed by atoms with Crippen molar-refractivity contribution in [2.45, 2.75) is 24.9 Å². The van der Waals surface area contributed by atoms with Crippen molar-refractivity contribution in [3.8, 4) is 0 Å². The summed E-state index contributed by atoms with van der Waals surface area (Å²) in [5.74, 6) is 0.0940. The predicted octanol–water partition coefficient (Wildman–Crippen LogP) is 0.785. The van der Waals surface area contributed by atoms with E-state index in [1.807, 2.05) is 30.3 Å². The van der Waals surface area contributed by atoms with Crippen LogP contribution < -0.4 is 0 Å². The molecule has 3 N–H and O–H groups in total. The molecule has 3 atom stereocenters. The number of piperidine rings is 1. The number of aliphatic hydroxyl groups excluding tert-OH is 3. The van der Waals surface area contributed by atoms with E-state index in [2.05, 4.69) is 4.90 Å². The Bertz CT molecular complexity index is 371. The predicted molar refractivity (Wildman–Crippen MR) is 73.7 cm³/mol. The third-order valence-electron chi connectivity index (χ3n) is 4.14. The van der Waals surface area contributed by atoms with Crippen LogP contribution >= 0.6 is 0 Å². The van der Waals surface area contributed by atoms with E-state index in [-0.39, 0.29) is 37.8 Å². The highest BCUT2D eigenvalue weighted by molar-refractivity contribution is 5.19. The summed E-state index contributed by atoms with van der Waals surface area (Å²) in [6, 6.07) is 9.69. The minimum Gasteiger partial charge on any atom is -0.396 e. The molecule has 0 aromatic heterocycles. The van der Waals surface area contributed by atoms with Crippen molar-refractivity contribution < 1.29 is 15.3 Å². The molecule has 0 aliphatic carbocycles. The molecule has 1 aliphatic rings. The second-order valence-corrected chi connectivity index (χ2v) is 5.18. The summed E-state index contributed by atoms with van der Waals surface area (Å²) in [6.45, 7) is 0.990. The molecule has 4 nitrogen and oxygen atoms in total. The molecule has 0 saturated carbocycles. The molecule has 1 fully saturated rings. The number of nitrogens with zero attached hydrogens (tertiary/aromatic N) is 1. The van der Waals surface area contributed by atoms with Gasteiger partial charge in [0.2, 0.25) is 0 Å². The Balaban J connectivity index is 2.21. The van der Waals surface area contributed by atoms with Gasteiger partial charge in [-0.15, -0.1) is 0 Å². The molecule has 0 radical (unpaired) electrons. The quantitative estimate of drug-likeness (QED) is 0.736. The van der Waals surface area contributed by atoms with Crippen molar-refractivity contribution in [1.82, 2.24) is 4.90 Å². The van der Waals surface area contributed by atoms with Crippen molar-refractivity contribution in [3.63, 3.8) is 0 Å². The van der Waals surface area contributed by atoms with Crippen LogP contribution in [-0.4, -0.2) is 52.6 Å². The molecule has 1 saturated heterocycles. The van der Waals surface area contributed by atoms with Crippen molar-refractivity contribution in [1.29, 1.82) is 0 Å². The first-order valence-electron chi connectivity index (χ1n) is 6.95. The third kappa shape index (κ3) is 3.15. The van der Waals surface area contributed by atoms with Gasteiger partial charge in [0, 0.05) is 12.6 Å². The van der Waals surface area contributed by atoms with E-state index in [0.717, 1.165) is 24.9 Å². The first kappa shape index (κ1) is 14.5. The van der Waals surface area contributed by atoms with E-state index in [4.69, 9.17) is 0 Å². The molecule has 0 amide bonds. The third-order valence-corrected chi connectivity index (χ3v) is 4.14. The Hall–Kier alpha value is -0.940. The minimum atomic E-state index is -0.104. The van der Waals surface area contributed by atoms with Crippen LogP contribution in [-0.2, 0) is 0 Å². The first-order chi connectivity index (χ1) is 9.31. The molecule has 19 heavy (non-hydrogen) atoms. The lowest BCUT2D eigenvalue weighted by atomic mass is 9.88. The normalized spacial score (nSPS) is 26.3. The molecular formula is C15H23NO3. The zero-order valence-electron chi connectivity index (χ0n) is 11.2. The van der Waals surface area contributed by atoms with Gasteiger partial charge in [-0.1, -0.05) is 30.3 Å². The van der Waals surface area contributed by atoms with Crippen LogP contribution in [0, 0.1) is 5.92 Å². The summed E-state index contributed by atoms with van der Waals surface area (Å²) in [6.07, 6.45) is 1.93. The van der Waals surface area contributed by atoms with Crippen molar-refractivity contribution >= 4 is 0 Å². The van der Waals surface area contributed by atoms with Gasteiger partial charge in [0.15, 0.2) is 0 Å². The zero-order valence-corrected chi connectivity index (χ0v) is 11.2. The molecule has 1 heterocycles. The maximum absolute atomic E-state index is 9.72. The highest BCUT2D eigenvalue weighted by atomic mass is 16.3. The average Bonchev–Trinajstić information content (AvgIpc) is 2.48. The van der Waals surface area contributed by atoms with E-state index in [9.17, 15) is 15.3 Å². The standard InChI is InChI=1S/C15H23NO3/c17-9-13-7-4-8-16(15(13)11-19)14(10-18)12-5-2-1-3-6-12/h1-3,5-6,13-15,17-19H,4,7-11H2/t13-,14-,15-/m1/s1. The van der Waals surface area contributed by atoms with Crippen LogP contribution in [0.3, 0.4) is 0 Å². The van der Waals surface area contributed by atoms with Crippen molar-refractivity contribution in [2.24, 2.45) is 5.92 Å². The molecule has 1 aromatic carbocycles. The highest BCUT2D eigenvalue weighted by Gasteiger charge is 2.34. The van der Waals surface area contributed by atoms with E-state index < -0.39 is 0 Å². The monoisotopic (exact) mass is 265 g/mol. The Morgan fingerprint density at radius 2 is 1.84 bits per heavy atom. The summed E-state index contributed by atoms with van der Waals surface area (Å²) in [7, 11) is 0. The van der Waals surface area contributed by atoms with Crippen LogP contribution in [0.25, 0.3) is 0 Å². The minimum absolute atomic E-state index is 0.0224. The Morgan fingerprint density at radius 1 is 1.11 bits per heavy atom. The summed E-state index contributed by atoms with van der Waals surface area (Å²) in [4.78, 5) is 2.14. The number of likely N-dealkylation sites (tertiary alicyclic amines) is 1. The molecular weight excluding hydrogens is 242 g/mol. The fraction of sp³-hybridized carbons (Fsp3) is 0.600. The van der Waals surface area contributed by atoms with Gasteiger partial charge in [-0.05, 0) is 30.9 Å². The van der Waals surface area contributed by atoms with Gasteiger partial charge in [0.05, 0.1) is 19.3 Å². The summed E-state index contributed by atoms with van der Waals surface area (Å²) < 4.78 is 0. The van der Waals surface area contributed by atoms with Gasteiger partial charge >= 0.3 is 0 Å². The summed E-state index contributed by atoms with van der Waals surface area (Å²) >= 11 is 0. The molecule has 2 rings (SSSR count). The topological polar surface area (TPSA) is 63.9 Å². The number of benzene rings is 1. The maximum atomic E-state index is 9.72. The van der Waals surface area contributed by atoms with Gasteiger partial charge in [-0.2, -0.15) is 0 Å². The average molecular weight is 265 g/mol. The molecule has 0 bridgehead atoms. The lowest BCUT2D eigenvalue weighted by molar-refractivity contribution is -0.0200. The second kappa shape index (κ2) is 7.01. The Kier molecular flexibility index (Phi) is 5.34. The Morgan fingerprint density at radius 3 is 2.42 bits per heavy atom. The van der Waals surface area contributed by atoms with E-state index >= 15 is 0 Å². The van der Waals surface area contributed by atoms with Crippen LogP contribution in [0.4, 0.5) is 0 Å². The van der Waals surface area contributed by atoms with Crippen LogP contribution in [0.1, 0.15) is 24.4 Å². The van der Waals surface area contributed by atoms with Gasteiger partial charge < -0.3 is 15.3 Å². The molecule has 106 valence electrons. The van der Waals surface area contributed by atoms with Gasteiger partial charge in [-0.25, -0.2) is 0 Å². The molecule has 1 aliphatic heterocycles. The smallest absolute Gasteiger partial charge is 0.0628 e. The van der Waals surface area contributed by atoms with E-state index in [1.165, 1.54) is 0 Å². The highest BCUT2D eigenvalue weighted by Crippen LogP contribution is 2.31. The summed E-state index contributed by atoms with van der Waals surface area (Å²) in [5, 5.41) is 28.8. The number of rotatable bonds is 5. The largest absolute Gasteiger partial charge is 0.396 e. The lowest BCUT2D eigenvalue weighted by Crippen LogP contribution is -2.50. The van der Waals surface area contributed by atoms with Gasteiger partial charge in [-0.3, -0.25) is 4.90 Å². The van der Waals surface area contributed by atoms with Crippen molar-refractivity contribution in [3.05, 3.63) is 35.9 Å².